The Morgan fingerprint density at radius 1 is 0.944 bits per heavy atom. The van der Waals surface area contributed by atoms with Gasteiger partial charge in [-0.1, -0.05) is 33.6 Å². The number of carbonyl (C=O) groups is 4. The molecule has 0 radical (unpaired) electrons. The van der Waals surface area contributed by atoms with Gasteiger partial charge in [-0.3, -0.25) is 19.2 Å². The Balaban J connectivity index is 2.01. The van der Waals surface area contributed by atoms with Crippen molar-refractivity contribution in [3.05, 3.63) is 0 Å². The Morgan fingerprint density at radius 3 is 2.42 bits per heavy atom. The summed E-state index contributed by atoms with van der Waals surface area (Å²) in [6.45, 7) is 6.67. The fraction of sp³-hybridized carbons (Fsp3) is 0.857. The van der Waals surface area contributed by atoms with Crippen LogP contribution in [0.5, 0.6) is 0 Å². The van der Waals surface area contributed by atoms with Gasteiger partial charge in [0, 0.05) is 19.4 Å². The lowest BCUT2D eigenvalue weighted by Gasteiger charge is -2.24. The van der Waals surface area contributed by atoms with Crippen molar-refractivity contribution in [2.24, 2.45) is 17.8 Å². The number of rotatable bonds is 9. The third-order valence-electron chi connectivity index (χ3n) is 6.89. The largest absolute Gasteiger partial charge is 0.465 e. The second kappa shape index (κ2) is 16.7. The Hall–Kier alpha value is -1.96. The van der Waals surface area contributed by atoms with Gasteiger partial charge in [0.1, 0.15) is 6.61 Å². The van der Waals surface area contributed by atoms with Crippen molar-refractivity contribution in [3.8, 4) is 0 Å². The zero-order valence-corrected chi connectivity index (χ0v) is 22.5. The molecule has 36 heavy (non-hydrogen) atoms. The third-order valence-corrected chi connectivity index (χ3v) is 6.89. The number of hydrogen-bond acceptors (Lipinski definition) is 8. The molecule has 4 atom stereocenters. The van der Waals surface area contributed by atoms with Gasteiger partial charge in [-0.05, 0) is 63.7 Å². The van der Waals surface area contributed by atoms with E-state index in [0.717, 1.165) is 45.1 Å². The first kappa shape index (κ1) is 30.3. The molecule has 0 bridgehead atoms. The van der Waals surface area contributed by atoms with Gasteiger partial charge in [-0.2, -0.15) is 0 Å². The quantitative estimate of drug-likeness (QED) is 0.317. The van der Waals surface area contributed by atoms with Crippen molar-refractivity contribution in [1.82, 2.24) is 0 Å². The van der Waals surface area contributed by atoms with E-state index in [-0.39, 0.29) is 67.7 Å². The first-order chi connectivity index (χ1) is 17.3. The van der Waals surface area contributed by atoms with Crippen molar-refractivity contribution in [3.63, 3.8) is 0 Å². The molecule has 2 fully saturated rings. The minimum absolute atomic E-state index is 0.0538. The molecule has 2 aliphatic rings. The predicted octanol–water partition coefficient (Wildman–Crippen LogP) is 4.95. The molecule has 2 heterocycles. The van der Waals surface area contributed by atoms with Crippen LogP contribution in [0.1, 0.15) is 104 Å². The molecule has 0 aromatic heterocycles. The fourth-order valence-electron chi connectivity index (χ4n) is 4.70. The molecular formula is C28H46O8. The molecule has 0 saturated carbocycles. The maximum absolute atomic E-state index is 13.5. The second-order valence-electron chi connectivity index (χ2n) is 10.7. The average molecular weight is 511 g/mol. The predicted molar refractivity (Wildman–Crippen MR) is 134 cm³/mol. The highest BCUT2D eigenvalue weighted by atomic mass is 16.6. The summed E-state index contributed by atoms with van der Waals surface area (Å²) in [5.74, 6) is -1.76. The van der Waals surface area contributed by atoms with Gasteiger partial charge < -0.3 is 18.9 Å². The zero-order chi connectivity index (χ0) is 26.3. The molecular weight excluding hydrogens is 464 g/mol. The molecule has 2 aliphatic heterocycles. The lowest BCUT2D eigenvalue weighted by Crippen LogP contribution is -2.35. The molecule has 206 valence electrons. The number of hydrogen-bond donors (Lipinski definition) is 0. The van der Waals surface area contributed by atoms with E-state index < -0.39 is 12.0 Å². The van der Waals surface area contributed by atoms with E-state index in [2.05, 4.69) is 0 Å². The molecule has 4 unspecified atom stereocenters. The van der Waals surface area contributed by atoms with Crippen LogP contribution in [0.15, 0.2) is 0 Å². The van der Waals surface area contributed by atoms with Crippen molar-refractivity contribution in [1.29, 1.82) is 0 Å². The minimum atomic E-state index is -0.850. The van der Waals surface area contributed by atoms with E-state index in [1.807, 2.05) is 20.8 Å². The van der Waals surface area contributed by atoms with Crippen molar-refractivity contribution in [2.75, 3.05) is 19.8 Å². The smallest absolute Gasteiger partial charge is 0.308 e. The van der Waals surface area contributed by atoms with Crippen LogP contribution >= 0.6 is 0 Å². The normalized spacial score (nSPS) is 26.8. The number of carbonyl (C=O) groups excluding carboxylic acids is 4. The van der Waals surface area contributed by atoms with Gasteiger partial charge in [-0.15, -0.1) is 0 Å². The lowest BCUT2D eigenvalue weighted by molar-refractivity contribution is -0.160. The highest BCUT2D eigenvalue weighted by Gasteiger charge is 2.31. The van der Waals surface area contributed by atoms with E-state index in [4.69, 9.17) is 18.9 Å². The third kappa shape index (κ3) is 11.8. The van der Waals surface area contributed by atoms with Gasteiger partial charge in [0.2, 0.25) is 0 Å². The highest BCUT2D eigenvalue weighted by molar-refractivity contribution is 5.88. The molecule has 0 aromatic carbocycles. The summed E-state index contributed by atoms with van der Waals surface area (Å²) in [5, 5.41) is 0. The van der Waals surface area contributed by atoms with Crippen LogP contribution in [0.3, 0.4) is 0 Å². The molecule has 2 saturated heterocycles. The van der Waals surface area contributed by atoms with Gasteiger partial charge >= 0.3 is 17.9 Å². The summed E-state index contributed by atoms with van der Waals surface area (Å²) >= 11 is 0. The monoisotopic (exact) mass is 510 g/mol. The minimum Gasteiger partial charge on any atom is -0.465 e. The van der Waals surface area contributed by atoms with E-state index in [9.17, 15) is 19.2 Å². The van der Waals surface area contributed by atoms with Gasteiger partial charge in [0.25, 0.3) is 0 Å². The maximum Gasteiger partial charge on any atom is 0.308 e. The Morgan fingerprint density at radius 2 is 1.69 bits per heavy atom. The van der Waals surface area contributed by atoms with E-state index in [0.29, 0.717) is 32.1 Å². The number of esters is 3. The Labute approximate surface area is 216 Å². The van der Waals surface area contributed by atoms with E-state index in [1.165, 1.54) is 0 Å². The molecule has 8 nitrogen and oxygen atoms in total. The summed E-state index contributed by atoms with van der Waals surface area (Å²) in [7, 11) is 0. The van der Waals surface area contributed by atoms with Crippen LogP contribution in [0.25, 0.3) is 0 Å². The molecule has 0 aliphatic carbocycles. The molecule has 0 amide bonds. The van der Waals surface area contributed by atoms with Crippen LogP contribution in [0, 0.1) is 17.8 Å². The summed E-state index contributed by atoms with van der Waals surface area (Å²) in [4.78, 5) is 50.4. The van der Waals surface area contributed by atoms with Crippen molar-refractivity contribution in [2.45, 2.75) is 116 Å². The number of cyclic esters (lactones) is 1. The van der Waals surface area contributed by atoms with Crippen LogP contribution < -0.4 is 0 Å². The standard InChI is InChI=1S/C28H46O8/c1-20(2)18-26(30)35-19-22-11-8-17-34-28(32)21(3)10-5-4-6-14-24(27(22)31)36-25(29)15-7-12-23-13-9-16-33-23/h20-24H,4-19H2,1-3H3. The highest BCUT2D eigenvalue weighted by Crippen LogP contribution is 2.22. The average Bonchev–Trinajstić information content (AvgIpc) is 3.34. The SMILES string of the molecule is CC(C)CC(=O)OCC1CCCOC(=O)C(C)CCCCCC(OC(=O)CCCC2CCCO2)C1=O. The zero-order valence-electron chi connectivity index (χ0n) is 22.5. The first-order valence-corrected chi connectivity index (χ1v) is 13.9. The molecule has 0 aromatic rings. The van der Waals surface area contributed by atoms with Crippen LogP contribution in [0.4, 0.5) is 0 Å². The number of ether oxygens (including phenoxy) is 4. The molecule has 0 spiro atoms. The van der Waals surface area contributed by atoms with Crippen LogP contribution in [0.2, 0.25) is 0 Å². The number of ketones is 1. The summed E-state index contributed by atoms with van der Waals surface area (Å²) in [5.41, 5.74) is 0. The summed E-state index contributed by atoms with van der Waals surface area (Å²) in [6.07, 6.45) is 7.88. The molecule has 0 N–H and O–H groups in total. The van der Waals surface area contributed by atoms with Crippen molar-refractivity contribution >= 4 is 23.7 Å². The van der Waals surface area contributed by atoms with Gasteiger partial charge in [0.15, 0.2) is 11.9 Å². The van der Waals surface area contributed by atoms with Gasteiger partial charge in [-0.25, -0.2) is 0 Å². The van der Waals surface area contributed by atoms with Crippen LogP contribution in [-0.4, -0.2) is 55.7 Å². The second-order valence-corrected chi connectivity index (χ2v) is 10.7. The van der Waals surface area contributed by atoms with Gasteiger partial charge in [0.05, 0.1) is 24.5 Å². The summed E-state index contributed by atoms with van der Waals surface area (Å²) < 4.78 is 22.1. The van der Waals surface area contributed by atoms with E-state index in [1.54, 1.807) is 0 Å². The molecule has 8 heteroatoms. The number of Topliss-reactive ketones (excluding diaryl/α,β-unsaturated/α-hetero) is 1. The fourth-order valence-corrected chi connectivity index (χ4v) is 4.70. The Bertz CT molecular complexity index is 698. The lowest BCUT2D eigenvalue weighted by atomic mass is 9.92. The topological polar surface area (TPSA) is 105 Å². The maximum atomic E-state index is 13.5. The summed E-state index contributed by atoms with van der Waals surface area (Å²) in [6, 6.07) is 0. The Kier molecular flexibility index (Phi) is 14.1. The molecule has 2 rings (SSSR count). The van der Waals surface area contributed by atoms with E-state index >= 15 is 0 Å². The first-order valence-electron chi connectivity index (χ1n) is 13.9. The van der Waals surface area contributed by atoms with Crippen LogP contribution in [-0.2, 0) is 38.1 Å². The van der Waals surface area contributed by atoms with Crippen molar-refractivity contribution < 1.29 is 38.1 Å².